The van der Waals surface area contributed by atoms with E-state index in [1.165, 1.54) is 12.5 Å². The molecule has 1 aliphatic heterocycles. The molecule has 3 atom stereocenters. The number of anilines is 2. The highest BCUT2D eigenvalue weighted by molar-refractivity contribution is 6.35. The number of halogens is 2. The monoisotopic (exact) mass is 532 g/mol. The van der Waals surface area contributed by atoms with Crippen LogP contribution in [0.2, 0.25) is 10.0 Å². The molecule has 1 amide bonds. The molecule has 0 aromatic heterocycles. The van der Waals surface area contributed by atoms with Crippen LogP contribution in [0.25, 0.3) is 0 Å². The van der Waals surface area contributed by atoms with E-state index in [-0.39, 0.29) is 23.0 Å². The number of amides is 1. The van der Waals surface area contributed by atoms with Crippen molar-refractivity contribution in [1.82, 2.24) is 0 Å². The lowest BCUT2D eigenvalue weighted by molar-refractivity contribution is -0.123. The first-order chi connectivity index (χ1) is 17.5. The van der Waals surface area contributed by atoms with Crippen LogP contribution >= 0.6 is 23.2 Å². The predicted molar refractivity (Wildman–Crippen MR) is 152 cm³/mol. The number of rotatable bonds is 2. The van der Waals surface area contributed by atoms with Crippen LogP contribution in [0.5, 0.6) is 0 Å². The van der Waals surface area contributed by atoms with Crippen LogP contribution in [0.4, 0.5) is 11.4 Å². The summed E-state index contributed by atoms with van der Waals surface area (Å²) in [5.41, 5.74) is 5.36. The molecule has 1 N–H and O–H groups in total. The minimum Gasteiger partial charge on any atom is -0.357 e. The molecule has 190 valence electrons. The van der Waals surface area contributed by atoms with Crippen LogP contribution in [0.3, 0.4) is 0 Å². The Labute approximate surface area is 228 Å². The van der Waals surface area contributed by atoms with Gasteiger partial charge in [0.25, 0.3) is 0 Å². The molecular weight excluding hydrogens is 503 g/mol. The van der Waals surface area contributed by atoms with E-state index in [9.17, 15) is 9.59 Å². The van der Waals surface area contributed by atoms with E-state index in [4.69, 9.17) is 23.2 Å². The molecule has 2 aliphatic rings. The van der Waals surface area contributed by atoms with Gasteiger partial charge in [-0.3, -0.25) is 9.59 Å². The van der Waals surface area contributed by atoms with Gasteiger partial charge in [0.2, 0.25) is 5.91 Å². The summed E-state index contributed by atoms with van der Waals surface area (Å²) < 4.78 is 0. The largest absolute Gasteiger partial charge is 0.357 e. The van der Waals surface area contributed by atoms with E-state index in [0.29, 0.717) is 27.7 Å². The molecule has 3 aromatic carbocycles. The molecule has 37 heavy (non-hydrogen) atoms. The lowest BCUT2D eigenvalue weighted by atomic mass is 9.75. The normalized spacial score (nSPS) is 21.4. The number of nitrogens with zero attached hydrogens (tertiary/aromatic N) is 1. The topological polar surface area (TPSA) is 49.4 Å². The molecule has 0 saturated heterocycles. The minimum atomic E-state index is -0.610. The number of allylic oxidation sites excluding steroid dienone is 1. The Morgan fingerprint density at radius 1 is 1.00 bits per heavy atom. The molecular formula is C31H30Cl2N2O2. The van der Waals surface area contributed by atoms with Gasteiger partial charge in [0.1, 0.15) is 5.78 Å². The molecule has 6 heteroatoms. The molecule has 0 radical (unpaired) electrons. The van der Waals surface area contributed by atoms with Gasteiger partial charge in [-0.2, -0.15) is 0 Å². The van der Waals surface area contributed by atoms with Crippen molar-refractivity contribution in [2.75, 3.05) is 10.2 Å². The molecule has 1 heterocycles. The number of para-hydroxylation sites is 2. The minimum absolute atomic E-state index is 0.0538. The molecule has 4 nitrogen and oxygen atoms in total. The summed E-state index contributed by atoms with van der Waals surface area (Å²) in [5.74, 6) is -0.776. The first kappa shape index (κ1) is 25.6. The van der Waals surface area contributed by atoms with Gasteiger partial charge in [-0.1, -0.05) is 92.5 Å². The number of hydrogen-bond acceptors (Lipinski definition) is 3. The standard InChI is InChI=1S/C31H30Cl2N2O2/c1-18(36)35-27-8-6-5-7-25(27)34-26-15-20(19-9-11-21(12-10-19)31(2,3)4)16-28(37)29(26)30(35)23-14-13-22(32)17-24(23)33/h5-15,17,20,29-30,34H,16H2,1-4H3/t20-,29-,30-/m0/s1. The van der Waals surface area contributed by atoms with Gasteiger partial charge >= 0.3 is 0 Å². The number of benzene rings is 3. The average Bonchev–Trinajstić information content (AvgIpc) is 2.98. The molecule has 0 bridgehead atoms. The maximum atomic E-state index is 14.0. The van der Waals surface area contributed by atoms with Crippen molar-refractivity contribution in [1.29, 1.82) is 0 Å². The molecule has 0 fully saturated rings. The molecule has 0 saturated carbocycles. The van der Waals surface area contributed by atoms with Crippen LogP contribution in [0.15, 0.2) is 78.5 Å². The van der Waals surface area contributed by atoms with E-state index in [1.54, 1.807) is 17.0 Å². The number of carbonyl (C=O) groups is 2. The van der Waals surface area contributed by atoms with Gasteiger partial charge in [-0.25, -0.2) is 0 Å². The average molecular weight is 533 g/mol. The first-order valence-corrected chi connectivity index (χ1v) is 13.3. The quantitative estimate of drug-likeness (QED) is 0.363. The Hall–Kier alpha value is -3.08. The van der Waals surface area contributed by atoms with Gasteiger partial charge in [0, 0.05) is 35.0 Å². The number of nitrogens with one attached hydrogen (secondary N) is 1. The fraction of sp³-hybridized carbons (Fsp3) is 0.290. The number of hydrogen-bond donors (Lipinski definition) is 1. The fourth-order valence-corrected chi connectivity index (χ4v) is 6.00. The van der Waals surface area contributed by atoms with E-state index >= 15 is 0 Å². The third-order valence-electron chi connectivity index (χ3n) is 7.35. The summed E-state index contributed by atoms with van der Waals surface area (Å²) in [6.07, 6.45) is 2.49. The summed E-state index contributed by atoms with van der Waals surface area (Å²) in [4.78, 5) is 28.8. The highest BCUT2D eigenvalue weighted by atomic mass is 35.5. The zero-order chi connectivity index (χ0) is 26.5. The predicted octanol–water partition coefficient (Wildman–Crippen LogP) is 8.07. The third-order valence-corrected chi connectivity index (χ3v) is 7.91. The maximum absolute atomic E-state index is 14.0. The summed E-state index contributed by atoms with van der Waals surface area (Å²) in [7, 11) is 0. The van der Waals surface area contributed by atoms with E-state index in [0.717, 1.165) is 16.9 Å². The van der Waals surface area contributed by atoms with Gasteiger partial charge in [-0.05, 0) is 46.4 Å². The van der Waals surface area contributed by atoms with Gasteiger partial charge in [-0.15, -0.1) is 0 Å². The smallest absolute Gasteiger partial charge is 0.224 e. The Balaban J connectivity index is 1.67. The Morgan fingerprint density at radius 2 is 1.70 bits per heavy atom. The van der Waals surface area contributed by atoms with E-state index in [2.05, 4.69) is 56.4 Å². The molecule has 1 aliphatic carbocycles. The molecule has 3 aromatic rings. The van der Waals surface area contributed by atoms with Crippen LogP contribution in [-0.4, -0.2) is 11.7 Å². The Bertz CT molecular complexity index is 1410. The van der Waals surface area contributed by atoms with E-state index < -0.39 is 12.0 Å². The highest BCUT2D eigenvalue weighted by Crippen LogP contribution is 2.49. The SMILES string of the molecule is CC(=O)N1c2ccccc2NC2=C[C@H](c3ccc(C(C)(C)C)cc3)CC(=O)[C@H]2[C@@H]1c1ccc(Cl)cc1Cl. The van der Waals surface area contributed by atoms with Crippen LogP contribution in [0.1, 0.15) is 62.8 Å². The number of carbonyl (C=O) groups excluding carboxylic acids is 2. The summed E-state index contributed by atoms with van der Waals surface area (Å²) in [6.45, 7) is 8.09. The van der Waals surface area contributed by atoms with Crippen molar-refractivity contribution >= 4 is 46.3 Å². The second kappa shape index (κ2) is 9.66. The van der Waals surface area contributed by atoms with Crippen molar-refractivity contribution in [3.05, 3.63) is 105 Å². The maximum Gasteiger partial charge on any atom is 0.224 e. The number of ketones is 1. The van der Waals surface area contributed by atoms with Crippen LogP contribution < -0.4 is 10.2 Å². The van der Waals surface area contributed by atoms with Crippen molar-refractivity contribution < 1.29 is 9.59 Å². The summed E-state index contributed by atoms with van der Waals surface area (Å²) in [5, 5.41) is 4.45. The lowest BCUT2D eigenvalue weighted by Crippen LogP contribution is -2.41. The number of Topliss-reactive ketones (excluding diaryl/α,β-unsaturated/α-hetero) is 1. The second-order valence-electron chi connectivity index (χ2n) is 10.9. The third kappa shape index (κ3) is 4.81. The van der Waals surface area contributed by atoms with Gasteiger partial charge < -0.3 is 10.2 Å². The zero-order valence-corrected chi connectivity index (χ0v) is 22.9. The van der Waals surface area contributed by atoms with Crippen molar-refractivity contribution in [2.45, 2.75) is 51.5 Å². The lowest BCUT2D eigenvalue weighted by Gasteiger charge is -2.37. The second-order valence-corrected chi connectivity index (χ2v) is 11.7. The highest BCUT2D eigenvalue weighted by Gasteiger charge is 2.45. The Morgan fingerprint density at radius 3 is 2.35 bits per heavy atom. The summed E-state index contributed by atoms with van der Waals surface area (Å²) in [6, 6.07) is 20.8. The van der Waals surface area contributed by atoms with Crippen molar-refractivity contribution in [3.63, 3.8) is 0 Å². The zero-order valence-electron chi connectivity index (χ0n) is 21.4. The van der Waals surface area contributed by atoms with Gasteiger partial charge in [0.05, 0.1) is 23.3 Å². The molecule has 5 rings (SSSR count). The van der Waals surface area contributed by atoms with Crippen LogP contribution in [-0.2, 0) is 15.0 Å². The first-order valence-electron chi connectivity index (χ1n) is 12.5. The van der Waals surface area contributed by atoms with E-state index in [1.807, 2.05) is 30.3 Å². The fourth-order valence-electron chi connectivity index (χ4n) is 5.48. The summed E-state index contributed by atoms with van der Waals surface area (Å²) >= 11 is 12.9. The van der Waals surface area contributed by atoms with Crippen molar-refractivity contribution in [2.24, 2.45) is 5.92 Å². The Kier molecular flexibility index (Phi) is 6.68. The van der Waals surface area contributed by atoms with Crippen LogP contribution in [0, 0.1) is 5.92 Å². The number of fused-ring (bicyclic) bond motifs is 2. The van der Waals surface area contributed by atoms with Gasteiger partial charge in [0.15, 0.2) is 0 Å². The molecule has 0 spiro atoms. The molecule has 0 unspecified atom stereocenters. The van der Waals surface area contributed by atoms with Crippen molar-refractivity contribution in [3.8, 4) is 0 Å².